The first-order valence-electron chi connectivity index (χ1n) is 12.3. The molecule has 3 aromatic rings. The Bertz CT molecular complexity index is 1440. The summed E-state index contributed by atoms with van der Waals surface area (Å²) in [7, 11) is -4.84. The molecule has 214 valence electrons. The predicted molar refractivity (Wildman–Crippen MR) is 151 cm³/mol. The molecule has 4 rings (SSSR count). The lowest BCUT2D eigenvalue weighted by molar-refractivity contribution is 0.0363. The Balaban J connectivity index is 1.58. The van der Waals surface area contributed by atoms with Gasteiger partial charge in [0.05, 0.1) is 36.2 Å². The quantitative estimate of drug-likeness (QED) is 0.171. The van der Waals surface area contributed by atoms with Crippen molar-refractivity contribution in [1.82, 2.24) is 15.3 Å². The van der Waals surface area contributed by atoms with Gasteiger partial charge in [0.1, 0.15) is 23.5 Å². The van der Waals surface area contributed by atoms with E-state index in [9.17, 15) is 28.6 Å². The van der Waals surface area contributed by atoms with Crippen molar-refractivity contribution in [2.24, 2.45) is 0 Å². The van der Waals surface area contributed by atoms with Crippen LogP contribution in [0.5, 0.6) is 0 Å². The number of aliphatic hydroxyl groups is 1. The molecule has 1 saturated carbocycles. The van der Waals surface area contributed by atoms with Crippen LogP contribution in [-0.4, -0.2) is 49.7 Å². The van der Waals surface area contributed by atoms with Crippen LogP contribution in [0.2, 0.25) is 0 Å². The van der Waals surface area contributed by atoms with Gasteiger partial charge in [0.15, 0.2) is 0 Å². The number of halogens is 3. The lowest BCUT2D eigenvalue weighted by Crippen LogP contribution is -2.32. The standard InChI is InChI=1S/C26H28F2IN4O6P/c1-13-6-16(8-17(29)7-13)22(12-39-40(36,37)38)33-26(35)18-4-2-15(10-19(18)27)24-25(30)31-11-21(32-24)14-3-5-23(34)20(28)9-14/h2,4,6-8,10-11,14,20,22-23,34H,3,5,9,12H2,1H3,(H2,30,31)(H,33,35)(H2,36,37,38)/t14?,20-,22-,23-/m1/s1. The lowest BCUT2D eigenvalue weighted by Gasteiger charge is -2.28. The van der Waals surface area contributed by atoms with Gasteiger partial charge in [0.25, 0.3) is 5.91 Å². The van der Waals surface area contributed by atoms with Crippen LogP contribution in [0.4, 0.5) is 14.6 Å². The Morgan fingerprint density at radius 1 is 1.27 bits per heavy atom. The van der Waals surface area contributed by atoms with Gasteiger partial charge < -0.3 is 25.9 Å². The number of rotatable bonds is 8. The minimum absolute atomic E-state index is 0.0247. The fraction of sp³-hybridized carbons (Fsp3) is 0.346. The van der Waals surface area contributed by atoms with Crippen molar-refractivity contribution in [3.05, 3.63) is 74.4 Å². The summed E-state index contributed by atoms with van der Waals surface area (Å²) in [6, 6.07) is 8.10. The van der Waals surface area contributed by atoms with Gasteiger partial charge in [-0.3, -0.25) is 9.32 Å². The molecular weight excluding hydrogens is 660 g/mol. The van der Waals surface area contributed by atoms with Gasteiger partial charge in [-0.2, -0.15) is 0 Å². The summed E-state index contributed by atoms with van der Waals surface area (Å²) >= 11 is 2.07. The van der Waals surface area contributed by atoms with E-state index in [0.29, 0.717) is 17.7 Å². The number of nitrogens with zero attached hydrogens (tertiary/aromatic N) is 2. The van der Waals surface area contributed by atoms with Crippen LogP contribution in [0.15, 0.2) is 42.6 Å². The van der Waals surface area contributed by atoms with E-state index in [-0.39, 0.29) is 41.4 Å². The number of benzene rings is 2. The number of aryl methyl sites for hydroxylation is 1. The van der Waals surface area contributed by atoms with Crippen LogP contribution < -0.4 is 11.1 Å². The molecule has 0 radical (unpaired) electrons. The van der Waals surface area contributed by atoms with E-state index in [1.54, 1.807) is 12.1 Å². The van der Waals surface area contributed by atoms with Gasteiger partial charge in [-0.25, -0.2) is 23.3 Å². The second-order valence-electron chi connectivity index (χ2n) is 9.69. The van der Waals surface area contributed by atoms with Gasteiger partial charge in [-0.05, 0) is 84.2 Å². The number of anilines is 1. The first-order valence-corrected chi connectivity index (χ1v) is 14.9. The van der Waals surface area contributed by atoms with Crippen molar-refractivity contribution in [1.29, 1.82) is 0 Å². The third kappa shape index (κ3) is 7.59. The van der Waals surface area contributed by atoms with Crippen LogP contribution in [0.1, 0.15) is 58.4 Å². The van der Waals surface area contributed by atoms with Gasteiger partial charge >= 0.3 is 7.82 Å². The summed E-state index contributed by atoms with van der Waals surface area (Å²) in [5.41, 5.74) is 7.95. The molecule has 1 aliphatic carbocycles. The van der Waals surface area contributed by atoms with E-state index in [1.165, 1.54) is 18.3 Å². The number of aromatic nitrogens is 2. The number of hydrogen-bond acceptors (Lipinski definition) is 7. The van der Waals surface area contributed by atoms with E-state index >= 15 is 4.39 Å². The zero-order chi connectivity index (χ0) is 29.2. The number of phosphoric acid groups is 1. The number of alkyl halides is 1. The number of phosphoric ester groups is 1. The van der Waals surface area contributed by atoms with E-state index in [0.717, 1.165) is 15.2 Å². The van der Waals surface area contributed by atoms with Gasteiger partial charge in [0.2, 0.25) is 0 Å². The number of nitrogens with one attached hydrogen (secondary N) is 1. The van der Waals surface area contributed by atoms with Crippen molar-refractivity contribution in [2.45, 2.75) is 50.4 Å². The molecule has 40 heavy (non-hydrogen) atoms. The van der Waals surface area contributed by atoms with Gasteiger partial charge in [-0.1, -0.05) is 12.1 Å². The molecule has 0 bridgehead atoms. The third-order valence-corrected chi connectivity index (χ3v) is 7.75. The van der Waals surface area contributed by atoms with E-state index in [1.807, 2.05) is 13.0 Å². The Labute approximate surface area is 242 Å². The fourth-order valence-electron chi connectivity index (χ4n) is 4.63. The van der Waals surface area contributed by atoms with Crippen LogP contribution >= 0.6 is 30.4 Å². The maximum Gasteiger partial charge on any atom is 0.469 e. The van der Waals surface area contributed by atoms with Crippen LogP contribution in [0.3, 0.4) is 0 Å². The number of carbonyl (C=O) groups excluding carboxylic acids is 1. The molecular formula is C26H28F2IN4O6P. The number of hydrogen-bond donors (Lipinski definition) is 5. The molecule has 14 heteroatoms. The predicted octanol–water partition coefficient (Wildman–Crippen LogP) is 4.32. The maximum atomic E-state index is 15.2. The topological polar surface area (TPSA) is 168 Å². The number of amides is 1. The highest BCUT2D eigenvalue weighted by molar-refractivity contribution is 14.1. The number of nitrogen functional groups attached to an aromatic ring is 1. The molecule has 1 heterocycles. The molecule has 0 saturated heterocycles. The molecule has 1 amide bonds. The van der Waals surface area contributed by atoms with Crippen molar-refractivity contribution >= 4 is 42.1 Å². The summed E-state index contributed by atoms with van der Waals surface area (Å²) in [5, 5.41) is 12.3. The largest absolute Gasteiger partial charge is 0.469 e. The van der Waals surface area contributed by atoms with Crippen molar-refractivity contribution in [2.75, 3.05) is 12.3 Å². The Morgan fingerprint density at radius 3 is 2.67 bits per heavy atom. The summed E-state index contributed by atoms with van der Waals surface area (Å²) in [5.74, 6) is -1.98. The summed E-state index contributed by atoms with van der Waals surface area (Å²) in [6.45, 7) is 1.27. The Kier molecular flexibility index (Phi) is 9.53. The number of nitrogens with two attached hydrogens (primary N) is 1. The average molecular weight is 688 g/mol. The second kappa shape index (κ2) is 12.5. The molecule has 1 aromatic heterocycles. The molecule has 10 nitrogen and oxygen atoms in total. The summed E-state index contributed by atoms with van der Waals surface area (Å²) < 4.78 is 46.1. The molecule has 1 unspecified atom stereocenters. The fourth-order valence-corrected chi connectivity index (χ4v) is 5.82. The van der Waals surface area contributed by atoms with E-state index < -0.39 is 44.5 Å². The molecule has 0 spiro atoms. The highest BCUT2D eigenvalue weighted by Gasteiger charge is 2.31. The smallest absolute Gasteiger partial charge is 0.390 e. The maximum absolute atomic E-state index is 15.2. The van der Waals surface area contributed by atoms with Gasteiger partial charge in [-0.15, -0.1) is 0 Å². The van der Waals surface area contributed by atoms with Gasteiger partial charge in [0, 0.05) is 15.1 Å². The van der Waals surface area contributed by atoms with E-state index in [2.05, 4.69) is 42.4 Å². The van der Waals surface area contributed by atoms with Crippen LogP contribution in [0.25, 0.3) is 11.3 Å². The first-order chi connectivity index (χ1) is 18.8. The SMILES string of the molecule is Cc1cc(I)cc([C@@H](COP(=O)(O)O)NC(=O)c2ccc(-c3nc(C4CC[C@@H](O)[C@H](F)C4)cnc3N)cc2F)c1. The second-order valence-corrected chi connectivity index (χ2v) is 12.2. The minimum atomic E-state index is -4.84. The monoisotopic (exact) mass is 688 g/mol. The van der Waals surface area contributed by atoms with Crippen molar-refractivity contribution in [3.8, 4) is 11.3 Å². The highest BCUT2D eigenvalue weighted by Crippen LogP contribution is 2.38. The minimum Gasteiger partial charge on any atom is -0.390 e. The van der Waals surface area contributed by atoms with Crippen molar-refractivity contribution < 1.29 is 37.6 Å². The molecule has 1 fully saturated rings. The summed E-state index contributed by atoms with van der Waals surface area (Å²) in [4.78, 5) is 40.0. The summed E-state index contributed by atoms with van der Waals surface area (Å²) in [6.07, 6.45) is -0.0652. The Morgan fingerprint density at radius 2 is 2.02 bits per heavy atom. The molecule has 6 N–H and O–H groups in total. The number of aliphatic hydroxyl groups excluding tert-OH is 1. The Hall–Kier alpha value is -2.55. The molecule has 1 aliphatic rings. The first kappa shape index (κ1) is 30.4. The average Bonchev–Trinajstić information content (AvgIpc) is 2.87. The number of carbonyl (C=O) groups is 1. The van der Waals surface area contributed by atoms with Crippen LogP contribution in [-0.2, 0) is 9.09 Å². The molecule has 4 atom stereocenters. The zero-order valence-electron chi connectivity index (χ0n) is 21.3. The molecule has 2 aromatic carbocycles. The lowest BCUT2D eigenvalue weighted by atomic mass is 9.84. The normalized spacial score (nSPS) is 20.2. The van der Waals surface area contributed by atoms with E-state index in [4.69, 9.17) is 5.73 Å². The molecule has 0 aliphatic heterocycles. The van der Waals surface area contributed by atoms with Crippen molar-refractivity contribution in [3.63, 3.8) is 0 Å². The third-order valence-electron chi connectivity index (χ3n) is 6.64. The highest BCUT2D eigenvalue weighted by atomic mass is 127. The van der Waals surface area contributed by atoms with Crippen LogP contribution in [0, 0.1) is 16.3 Å². The zero-order valence-corrected chi connectivity index (χ0v) is 24.4.